The number of carbonyl (C=O) groups excluding carboxylic acids is 3. The summed E-state index contributed by atoms with van der Waals surface area (Å²) in [6.07, 6.45) is 41.2. The molecule has 0 aliphatic carbocycles. The molecule has 9 nitrogen and oxygen atoms in total. The summed E-state index contributed by atoms with van der Waals surface area (Å²) in [5.74, 6) is -2.31. The molecule has 9 heteroatoms. The Balaban J connectivity index is 4.17. The molecule has 0 spiro atoms. The largest absolute Gasteiger partial charge is 0.480 e. The van der Waals surface area contributed by atoms with Crippen LogP contribution in [-0.2, 0) is 23.9 Å². The van der Waals surface area contributed by atoms with Crippen molar-refractivity contribution >= 4 is 23.8 Å². The number of carbonyl (C=O) groups is 4. The van der Waals surface area contributed by atoms with Crippen LogP contribution in [-0.4, -0.2) is 59.3 Å². The fourth-order valence-corrected chi connectivity index (χ4v) is 6.57. The van der Waals surface area contributed by atoms with Gasteiger partial charge in [0, 0.05) is 12.8 Å². The van der Waals surface area contributed by atoms with Gasteiger partial charge in [-0.15, -0.1) is 0 Å². The third-order valence-electron chi connectivity index (χ3n) is 10.00. The molecule has 0 aromatic heterocycles. The number of rotatable bonds is 40. The van der Waals surface area contributed by atoms with Crippen molar-refractivity contribution in [1.82, 2.24) is 10.6 Å². The Morgan fingerprint density at radius 1 is 0.566 bits per heavy atom. The quantitative estimate of drug-likeness (QED) is 0.0277. The van der Waals surface area contributed by atoms with Gasteiger partial charge < -0.3 is 25.6 Å². The lowest BCUT2D eigenvalue weighted by atomic mass is 10.0. The number of ether oxygens (including phenoxy) is 1. The number of unbranched alkanes of at least 4 members (excludes halogenated alkanes) is 26. The SMILES string of the molecule is CCCCCCCC/C=C\C(CCCCCCCCC(=O)NCC(=O)NC(CO)C(=O)O)OC(=O)CCCCCCCCCCCCCCCCCC. The summed E-state index contributed by atoms with van der Waals surface area (Å²) in [7, 11) is 0. The van der Waals surface area contributed by atoms with Gasteiger partial charge in [-0.2, -0.15) is 0 Å². The fourth-order valence-electron chi connectivity index (χ4n) is 6.57. The van der Waals surface area contributed by atoms with E-state index in [1.54, 1.807) is 0 Å². The van der Waals surface area contributed by atoms with Crippen molar-refractivity contribution in [2.24, 2.45) is 0 Å². The molecular formula is C44H82N2O7. The molecule has 0 aliphatic heterocycles. The molecule has 0 fully saturated rings. The summed E-state index contributed by atoms with van der Waals surface area (Å²) in [5.41, 5.74) is 0. The van der Waals surface area contributed by atoms with E-state index in [0.29, 0.717) is 19.3 Å². The number of carboxylic acids is 1. The van der Waals surface area contributed by atoms with Gasteiger partial charge in [0.1, 0.15) is 12.1 Å². The first-order chi connectivity index (χ1) is 25.8. The van der Waals surface area contributed by atoms with Crippen LogP contribution in [0.3, 0.4) is 0 Å². The standard InChI is InChI=1S/C44H82N2O7/c1-3-5-7-9-11-13-14-15-16-17-18-19-20-22-28-32-36-43(50)53-39(33-29-25-21-12-10-8-6-4-2)34-30-26-23-24-27-31-35-41(48)45-37-42(49)46-40(38-47)44(51)52/h29,33,39-40,47H,3-28,30-32,34-38H2,1-2H3,(H,45,48)(H,46,49)(H,51,52)/b33-29-. The molecule has 0 saturated carbocycles. The minimum absolute atomic E-state index is 0.0737. The number of aliphatic hydroxyl groups is 1. The molecule has 0 radical (unpaired) electrons. The molecule has 0 rings (SSSR count). The molecule has 2 atom stereocenters. The van der Waals surface area contributed by atoms with E-state index in [-0.39, 0.29) is 24.5 Å². The molecule has 2 amide bonds. The summed E-state index contributed by atoms with van der Waals surface area (Å²) in [5, 5.41) is 22.5. The molecule has 0 aromatic carbocycles. The number of hydrogen-bond donors (Lipinski definition) is 4. The lowest BCUT2D eigenvalue weighted by molar-refractivity contribution is -0.147. The molecule has 4 N–H and O–H groups in total. The van der Waals surface area contributed by atoms with Crippen molar-refractivity contribution in [2.45, 2.75) is 231 Å². The number of aliphatic carboxylic acids is 1. The summed E-state index contributed by atoms with van der Waals surface area (Å²) >= 11 is 0. The Kier molecular flexibility index (Phi) is 37.5. The van der Waals surface area contributed by atoms with E-state index in [4.69, 9.17) is 14.9 Å². The molecule has 0 bridgehead atoms. The van der Waals surface area contributed by atoms with Crippen LogP contribution in [0.4, 0.5) is 0 Å². The normalized spacial score (nSPS) is 12.5. The van der Waals surface area contributed by atoms with E-state index in [1.807, 2.05) is 0 Å². The van der Waals surface area contributed by atoms with Crippen LogP contribution in [0.5, 0.6) is 0 Å². The first-order valence-electron chi connectivity index (χ1n) is 22.1. The van der Waals surface area contributed by atoms with Crippen LogP contribution in [0.1, 0.15) is 219 Å². The van der Waals surface area contributed by atoms with E-state index >= 15 is 0 Å². The van der Waals surface area contributed by atoms with Crippen LogP contribution in [0.15, 0.2) is 12.2 Å². The van der Waals surface area contributed by atoms with E-state index < -0.39 is 24.5 Å². The first kappa shape index (κ1) is 50.6. The molecule has 310 valence electrons. The lowest BCUT2D eigenvalue weighted by Gasteiger charge is -2.15. The second kappa shape index (κ2) is 39.3. The number of carboxylic acid groups (broad SMARTS) is 1. The molecule has 2 unspecified atom stereocenters. The summed E-state index contributed by atoms with van der Waals surface area (Å²) in [6, 6.07) is -1.38. The Labute approximate surface area is 324 Å². The van der Waals surface area contributed by atoms with Crippen molar-refractivity contribution in [3.63, 3.8) is 0 Å². The lowest BCUT2D eigenvalue weighted by Crippen LogP contribution is -2.47. The van der Waals surface area contributed by atoms with Gasteiger partial charge in [-0.3, -0.25) is 14.4 Å². The molecule has 53 heavy (non-hydrogen) atoms. The van der Waals surface area contributed by atoms with Crippen molar-refractivity contribution in [3.05, 3.63) is 12.2 Å². The van der Waals surface area contributed by atoms with E-state index in [2.05, 4.69) is 36.6 Å². The van der Waals surface area contributed by atoms with E-state index in [1.165, 1.54) is 128 Å². The highest BCUT2D eigenvalue weighted by atomic mass is 16.5. The van der Waals surface area contributed by atoms with Crippen molar-refractivity contribution in [1.29, 1.82) is 0 Å². The van der Waals surface area contributed by atoms with Gasteiger partial charge in [0.2, 0.25) is 11.8 Å². The van der Waals surface area contributed by atoms with Crippen LogP contribution in [0, 0.1) is 0 Å². The number of amides is 2. The summed E-state index contributed by atoms with van der Waals surface area (Å²) in [4.78, 5) is 47.4. The molecule has 0 aromatic rings. The van der Waals surface area contributed by atoms with Gasteiger partial charge in [-0.05, 0) is 44.6 Å². The topological polar surface area (TPSA) is 142 Å². The number of allylic oxidation sites excluding steroid dienone is 1. The third kappa shape index (κ3) is 36.3. The zero-order chi connectivity index (χ0) is 39.0. The highest BCUT2D eigenvalue weighted by molar-refractivity contribution is 5.87. The predicted octanol–water partition coefficient (Wildman–Crippen LogP) is 10.7. The highest BCUT2D eigenvalue weighted by Gasteiger charge is 2.18. The number of aliphatic hydroxyl groups excluding tert-OH is 1. The van der Waals surface area contributed by atoms with E-state index in [0.717, 1.165) is 57.8 Å². The Bertz CT molecular complexity index is 910. The maximum atomic E-state index is 12.7. The van der Waals surface area contributed by atoms with Gasteiger partial charge in [0.25, 0.3) is 0 Å². The van der Waals surface area contributed by atoms with Crippen molar-refractivity contribution in [3.8, 4) is 0 Å². The van der Waals surface area contributed by atoms with Gasteiger partial charge in [-0.1, -0.05) is 174 Å². The monoisotopic (exact) mass is 751 g/mol. The molecule has 0 heterocycles. The average molecular weight is 751 g/mol. The minimum atomic E-state index is -1.38. The van der Waals surface area contributed by atoms with Crippen LogP contribution in [0.25, 0.3) is 0 Å². The van der Waals surface area contributed by atoms with Gasteiger partial charge in [0.15, 0.2) is 0 Å². The van der Waals surface area contributed by atoms with Gasteiger partial charge >= 0.3 is 11.9 Å². The maximum Gasteiger partial charge on any atom is 0.328 e. The minimum Gasteiger partial charge on any atom is -0.480 e. The van der Waals surface area contributed by atoms with Gasteiger partial charge in [-0.25, -0.2) is 4.79 Å². The fraction of sp³-hybridized carbons (Fsp3) is 0.864. The number of nitrogens with one attached hydrogen (secondary N) is 2. The molecule has 0 saturated heterocycles. The maximum absolute atomic E-state index is 12.7. The first-order valence-corrected chi connectivity index (χ1v) is 22.1. The summed E-state index contributed by atoms with van der Waals surface area (Å²) < 4.78 is 5.94. The Morgan fingerprint density at radius 3 is 1.47 bits per heavy atom. The second-order valence-electron chi connectivity index (χ2n) is 15.1. The zero-order valence-electron chi connectivity index (χ0n) is 34.3. The number of esters is 1. The third-order valence-corrected chi connectivity index (χ3v) is 10.00. The summed E-state index contributed by atoms with van der Waals surface area (Å²) in [6.45, 7) is 3.48. The van der Waals surface area contributed by atoms with Crippen LogP contribution >= 0.6 is 0 Å². The van der Waals surface area contributed by atoms with Crippen molar-refractivity contribution in [2.75, 3.05) is 13.2 Å². The predicted molar refractivity (Wildman–Crippen MR) is 218 cm³/mol. The molecule has 0 aliphatic rings. The number of hydrogen-bond acceptors (Lipinski definition) is 6. The smallest absolute Gasteiger partial charge is 0.328 e. The molecular weight excluding hydrogens is 668 g/mol. The van der Waals surface area contributed by atoms with E-state index in [9.17, 15) is 19.2 Å². The van der Waals surface area contributed by atoms with Crippen LogP contribution in [0.2, 0.25) is 0 Å². The Morgan fingerprint density at radius 2 is 1.00 bits per heavy atom. The van der Waals surface area contributed by atoms with Crippen LogP contribution < -0.4 is 10.6 Å². The van der Waals surface area contributed by atoms with Crippen molar-refractivity contribution < 1.29 is 34.1 Å². The average Bonchev–Trinajstić information content (AvgIpc) is 3.14. The van der Waals surface area contributed by atoms with Gasteiger partial charge in [0.05, 0.1) is 13.2 Å². The second-order valence-corrected chi connectivity index (χ2v) is 15.1. The highest BCUT2D eigenvalue weighted by Crippen LogP contribution is 2.17. The zero-order valence-corrected chi connectivity index (χ0v) is 34.3. The Hall–Kier alpha value is -2.42.